The lowest BCUT2D eigenvalue weighted by Crippen LogP contribution is -2.41. The van der Waals surface area contributed by atoms with E-state index in [0.29, 0.717) is 40.9 Å². The molecular weight excluding hydrogens is 386 g/mol. The van der Waals surface area contributed by atoms with Crippen molar-refractivity contribution in [3.8, 4) is 0 Å². The summed E-state index contributed by atoms with van der Waals surface area (Å²) >= 11 is 0. The van der Waals surface area contributed by atoms with Crippen LogP contribution in [0.3, 0.4) is 0 Å². The van der Waals surface area contributed by atoms with Gasteiger partial charge in [0, 0.05) is 24.5 Å². The lowest BCUT2D eigenvalue weighted by atomic mass is 9.98. The molecule has 2 fully saturated rings. The minimum Gasteiger partial charge on any atom is -0.340 e. The molecule has 2 N–H and O–H groups in total. The number of rotatable bonds is 2. The number of halogens is 1. The van der Waals surface area contributed by atoms with Gasteiger partial charge in [0.25, 0.3) is 10.0 Å². The average molecular weight is 408 g/mol. The highest BCUT2D eigenvalue weighted by atomic mass is 35.5. The molecule has 3 aliphatic rings. The molecule has 0 radical (unpaired) electrons. The van der Waals surface area contributed by atoms with E-state index in [4.69, 9.17) is 5.73 Å². The number of hydrogen-bond donors (Lipinski definition) is 1. The van der Waals surface area contributed by atoms with Crippen LogP contribution in [0, 0.1) is 11.8 Å². The van der Waals surface area contributed by atoms with Crippen molar-refractivity contribution in [1.29, 1.82) is 0 Å². The normalized spacial score (nSPS) is 27.7. The molecule has 1 aliphatic carbocycles. The highest BCUT2D eigenvalue weighted by Crippen LogP contribution is 2.42. The van der Waals surface area contributed by atoms with Gasteiger partial charge in [-0.2, -0.15) is 0 Å². The number of benzene rings is 2. The van der Waals surface area contributed by atoms with Crippen LogP contribution >= 0.6 is 12.4 Å². The third-order valence-electron chi connectivity index (χ3n) is 6.23. The first-order valence-electron chi connectivity index (χ1n) is 9.04. The average Bonchev–Trinajstić information content (AvgIpc) is 3.26. The highest BCUT2D eigenvalue weighted by Gasteiger charge is 2.44. The summed E-state index contributed by atoms with van der Waals surface area (Å²) in [6.45, 7) is 1.20. The Morgan fingerprint density at radius 3 is 2.59 bits per heavy atom. The van der Waals surface area contributed by atoms with Gasteiger partial charge in [0.05, 0.1) is 10.6 Å². The molecule has 27 heavy (non-hydrogen) atoms. The Hall–Kier alpha value is -1.83. The fourth-order valence-electron chi connectivity index (χ4n) is 4.86. The molecule has 0 bridgehead atoms. The zero-order chi connectivity index (χ0) is 18.1. The fraction of sp³-hybridized carbons (Fsp3) is 0.421. The second-order valence-electron chi connectivity index (χ2n) is 7.61. The van der Waals surface area contributed by atoms with Gasteiger partial charge in [0.15, 0.2) is 0 Å². The first kappa shape index (κ1) is 18.5. The first-order valence-corrected chi connectivity index (χ1v) is 10.5. The minimum absolute atomic E-state index is 0. The van der Waals surface area contributed by atoms with Crippen molar-refractivity contribution in [3.63, 3.8) is 0 Å². The number of amides is 1. The zero-order valence-corrected chi connectivity index (χ0v) is 16.4. The minimum atomic E-state index is -3.69. The van der Waals surface area contributed by atoms with Gasteiger partial charge in [-0.1, -0.05) is 24.3 Å². The van der Waals surface area contributed by atoms with Crippen molar-refractivity contribution >= 4 is 44.8 Å². The molecule has 1 amide bonds. The molecule has 0 aromatic heterocycles. The molecule has 3 atom stereocenters. The van der Waals surface area contributed by atoms with E-state index < -0.39 is 10.0 Å². The van der Waals surface area contributed by atoms with Crippen molar-refractivity contribution in [3.05, 3.63) is 36.4 Å². The molecule has 144 valence electrons. The van der Waals surface area contributed by atoms with Gasteiger partial charge in [-0.05, 0) is 42.2 Å². The predicted octanol–water partition coefficient (Wildman–Crippen LogP) is 1.97. The van der Waals surface area contributed by atoms with E-state index >= 15 is 0 Å². The highest BCUT2D eigenvalue weighted by molar-refractivity contribution is 7.93. The van der Waals surface area contributed by atoms with Crippen molar-refractivity contribution < 1.29 is 13.2 Å². The summed E-state index contributed by atoms with van der Waals surface area (Å²) in [5, 5.41) is 1.59. The molecule has 3 unspecified atom stereocenters. The summed E-state index contributed by atoms with van der Waals surface area (Å²) in [6.07, 6.45) is 2.08. The number of fused-ring (bicyclic) bond motifs is 1. The molecule has 2 aromatic rings. The maximum Gasteiger partial charge on any atom is 0.265 e. The number of carbonyl (C=O) groups is 1. The van der Waals surface area contributed by atoms with Gasteiger partial charge in [0.2, 0.25) is 5.91 Å². The molecule has 1 saturated heterocycles. The molecule has 2 aromatic carbocycles. The van der Waals surface area contributed by atoms with E-state index in [1.807, 2.05) is 18.2 Å². The Kier molecular flexibility index (Phi) is 4.36. The van der Waals surface area contributed by atoms with Crippen molar-refractivity contribution in [2.75, 3.05) is 23.9 Å². The summed E-state index contributed by atoms with van der Waals surface area (Å²) in [4.78, 5) is 15.0. The second-order valence-corrected chi connectivity index (χ2v) is 9.44. The van der Waals surface area contributed by atoms with Crippen LogP contribution in [0.25, 0.3) is 10.8 Å². The maximum atomic E-state index is 13.0. The molecule has 6 nitrogen and oxygen atoms in total. The third-order valence-corrected chi connectivity index (χ3v) is 8.03. The van der Waals surface area contributed by atoms with Crippen molar-refractivity contribution in [2.24, 2.45) is 17.6 Å². The van der Waals surface area contributed by atoms with Crippen LogP contribution in [-0.2, 0) is 14.8 Å². The first-order chi connectivity index (χ1) is 12.5. The molecule has 1 saturated carbocycles. The smallest absolute Gasteiger partial charge is 0.265 e. The number of sulfonamides is 1. The van der Waals surface area contributed by atoms with E-state index in [1.54, 1.807) is 23.1 Å². The number of hydrogen-bond acceptors (Lipinski definition) is 4. The Morgan fingerprint density at radius 1 is 1.11 bits per heavy atom. The van der Waals surface area contributed by atoms with E-state index in [9.17, 15) is 13.2 Å². The summed E-state index contributed by atoms with van der Waals surface area (Å²) in [7, 11) is -3.69. The quantitative estimate of drug-likeness (QED) is 0.824. The molecule has 2 heterocycles. The summed E-state index contributed by atoms with van der Waals surface area (Å²) in [6, 6.07) is 10.9. The Bertz CT molecular complexity index is 1020. The molecular formula is C19H22ClN3O3S. The van der Waals surface area contributed by atoms with E-state index in [-0.39, 0.29) is 30.9 Å². The molecule has 2 aliphatic heterocycles. The third kappa shape index (κ3) is 2.63. The van der Waals surface area contributed by atoms with Crippen LogP contribution in [0.15, 0.2) is 41.3 Å². The summed E-state index contributed by atoms with van der Waals surface area (Å²) in [5.74, 6) is 0.680. The van der Waals surface area contributed by atoms with Gasteiger partial charge in [-0.25, -0.2) is 8.42 Å². The topological polar surface area (TPSA) is 83.7 Å². The van der Waals surface area contributed by atoms with E-state index in [0.717, 1.165) is 18.2 Å². The largest absolute Gasteiger partial charge is 0.340 e. The van der Waals surface area contributed by atoms with Crippen LogP contribution in [-0.4, -0.2) is 44.9 Å². The van der Waals surface area contributed by atoms with Crippen LogP contribution < -0.4 is 10.0 Å². The van der Waals surface area contributed by atoms with Crippen molar-refractivity contribution in [1.82, 2.24) is 4.90 Å². The Balaban J connectivity index is 0.00000180. The lowest BCUT2D eigenvalue weighted by Gasteiger charge is -2.23. The van der Waals surface area contributed by atoms with Crippen LogP contribution in [0.2, 0.25) is 0 Å². The number of anilines is 1. The van der Waals surface area contributed by atoms with Gasteiger partial charge >= 0.3 is 0 Å². The summed E-state index contributed by atoms with van der Waals surface area (Å²) < 4.78 is 27.3. The van der Waals surface area contributed by atoms with Crippen LogP contribution in [0.4, 0.5) is 5.69 Å². The monoisotopic (exact) mass is 407 g/mol. The lowest BCUT2D eigenvalue weighted by molar-refractivity contribution is -0.128. The SMILES string of the molecule is Cl.NC1CCC2CN(C(=O)CN3c4cccc5cccc(c45)S3(=O)=O)CC12. The second kappa shape index (κ2) is 6.36. The Labute approximate surface area is 164 Å². The zero-order valence-electron chi connectivity index (χ0n) is 14.7. The number of nitrogens with zero attached hydrogens (tertiary/aromatic N) is 2. The molecule has 8 heteroatoms. The number of nitrogens with two attached hydrogens (primary N) is 1. The predicted molar refractivity (Wildman–Crippen MR) is 106 cm³/mol. The Morgan fingerprint density at radius 2 is 1.85 bits per heavy atom. The summed E-state index contributed by atoms with van der Waals surface area (Å²) in [5.41, 5.74) is 6.75. The maximum absolute atomic E-state index is 13.0. The van der Waals surface area contributed by atoms with Crippen LogP contribution in [0.1, 0.15) is 12.8 Å². The fourth-order valence-corrected chi connectivity index (χ4v) is 6.52. The van der Waals surface area contributed by atoms with Crippen molar-refractivity contribution in [2.45, 2.75) is 23.8 Å². The number of likely N-dealkylation sites (tertiary alicyclic amines) is 1. The van der Waals surface area contributed by atoms with Gasteiger partial charge in [-0.15, -0.1) is 12.4 Å². The number of carbonyl (C=O) groups excluding carboxylic acids is 1. The van der Waals surface area contributed by atoms with Gasteiger partial charge in [-0.3, -0.25) is 9.10 Å². The van der Waals surface area contributed by atoms with Gasteiger partial charge in [0.1, 0.15) is 6.54 Å². The molecule has 5 rings (SSSR count). The van der Waals surface area contributed by atoms with E-state index in [1.165, 1.54) is 4.31 Å². The van der Waals surface area contributed by atoms with Gasteiger partial charge < -0.3 is 10.6 Å². The molecule has 0 spiro atoms. The standard InChI is InChI=1S/C19H21N3O3S.ClH/c20-15-8-7-13-9-21(10-14(13)15)18(23)11-22-16-5-1-3-12-4-2-6-17(19(12)16)26(22,24)25;/h1-6,13-15H,7-11,20H2;1H. The van der Waals surface area contributed by atoms with Crippen LogP contribution in [0.5, 0.6) is 0 Å². The van der Waals surface area contributed by atoms with E-state index in [2.05, 4.69) is 0 Å².